The molecule has 0 saturated heterocycles. The van der Waals surface area contributed by atoms with Crippen LogP contribution in [0.2, 0.25) is 20.1 Å². The predicted octanol–water partition coefficient (Wildman–Crippen LogP) is 9.50. The summed E-state index contributed by atoms with van der Waals surface area (Å²) in [7, 11) is 0. The molecule has 0 fully saturated rings. The smallest absolute Gasteiger partial charge is 0.0797 e. The molecule has 33 heavy (non-hydrogen) atoms. The first kappa shape index (κ1) is 19.1. The zero-order chi connectivity index (χ0) is 22.2. The van der Waals surface area contributed by atoms with Crippen LogP contribution in [0.25, 0.3) is 21.5 Å². The Hall–Kier alpha value is -2.22. The van der Waals surface area contributed by atoms with E-state index in [9.17, 15) is 0 Å². The molecule has 0 amide bonds. The van der Waals surface area contributed by atoms with Crippen LogP contribution < -0.4 is 0 Å². The molecule has 0 bridgehead atoms. The number of halogens is 4. The van der Waals surface area contributed by atoms with E-state index in [0.29, 0.717) is 20.1 Å². The van der Waals surface area contributed by atoms with Gasteiger partial charge in [-0.1, -0.05) is 113 Å². The number of hydrogen-bond acceptors (Lipinski definition) is 0. The summed E-state index contributed by atoms with van der Waals surface area (Å²) in [4.78, 5) is 0. The minimum absolute atomic E-state index is 0.116. The van der Waals surface area contributed by atoms with Gasteiger partial charge in [-0.15, -0.1) is 0 Å². The third kappa shape index (κ3) is 1.98. The van der Waals surface area contributed by atoms with E-state index in [0.717, 1.165) is 11.1 Å². The molecule has 0 heterocycles. The van der Waals surface area contributed by atoms with Crippen molar-refractivity contribution in [1.29, 1.82) is 0 Å². The van der Waals surface area contributed by atoms with Crippen molar-refractivity contribution >= 4 is 67.9 Å². The molecule has 3 unspecified atom stereocenters. The summed E-state index contributed by atoms with van der Waals surface area (Å²) in [5.74, 6) is 0.338. The molecule has 3 atom stereocenters. The standard InChI is InChI=1S/C29H14Cl4/c30-25-21-23-18-10-14-6-2-1-5-13(14)9-17(18)22-19-11-15-7-3-4-8-16(15)12-20(19)29(22,23)24(21)26(31)28(33)27(25)32/h1-12,22-23H. The van der Waals surface area contributed by atoms with Crippen LogP contribution in [0, 0.1) is 0 Å². The molecule has 4 heteroatoms. The van der Waals surface area contributed by atoms with Crippen LogP contribution in [0.5, 0.6) is 0 Å². The number of fused-ring (bicyclic) bond motifs is 9. The lowest BCUT2D eigenvalue weighted by molar-refractivity contribution is 0.334. The van der Waals surface area contributed by atoms with Gasteiger partial charge in [-0.05, 0) is 61.0 Å². The summed E-state index contributed by atoms with van der Waals surface area (Å²) in [5, 5.41) is 6.75. The second kappa shape index (κ2) is 6.06. The second-order valence-electron chi connectivity index (χ2n) is 9.39. The Balaban J connectivity index is 1.54. The van der Waals surface area contributed by atoms with Crippen LogP contribution in [-0.4, -0.2) is 0 Å². The molecule has 0 aromatic heterocycles. The summed E-state index contributed by atoms with van der Waals surface area (Å²) in [6.45, 7) is 0. The fourth-order valence-electron chi connectivity index (χ4n) is 6.99. The van der Waals surface area contributed by atoms with Crippen molar-refractivity contribution in [2.75, 3.05) is 0 Å². The van der Waals surface area contributed by atoms with Gasteiger partial charge in [0.2, 0.25) is 0 Å². The van der Waals surface area contributed by atoms with Crippen LogP contribution in [0.15, 0.2) is 72.8 Å². The molecule has 3 aliphatic carbocycles. The van der Waals surface area contributed by atoms with E-state index in [2.05, 4.69) is 72.8 Å². The second-order valence-corrected chi connectivity index (χ2v) is 10.9. The Morgan fingerprint density at radius 1 is 0.515 bits per heavy atom. The first-order chi connectivity index (χ1) is 16.0. The average molecular weight is 504 g/mol. The highest BCUT2D eigenvalue weighted by atomic mass is 35.5. The minimum Gasteiger partial charge on any atom is -0.0823 e. The van der Waals surface area contributed by atoms with Gasteiger partial charge in [0.05, 0.1) is 20.1 Å². The monoisotopic (exact) mass is 502 g/mol. The van der Waals surface area contributed by atoms with E-state index in [1.54, 1.807) is 0 Å². The van der Waals surface area contributed by atoms with Crippen molar-refractivity contribution in [3.05, 3.63) is 126 Å². The Morgan fingerprint density at radius 3 is 1.61 bits per heavy atom. The van der Waals surface area contributed by atoms with Gasteiger partial charge in [-0.3, -0.25) is 0 Å². The minimum atomic E-state index is -0.247. The molecular weight excluding hydrogens is 490 g/mol. The zero-order valence-electron chi connectivity index (χ0n) is 17.1. The Bertz CT molecular complexity index is 1720. The maximum Gasteiger partial charge on any atom is 0.0797 e. The van der Waals surface area contributed by atoms with Gasteiger partial charge in [0.15, 0.2) is 0 Å². The Morgan fingerprint density at radius 2 is 1.00 bits per heavy atom. The van der Waals surface area contributed by atoms with Gasteiger partial charge in [0.25, 0.3) is 0 Å². The predicted molar refractivity (Wildman–Crippen MR) is 139 cm³/mol. The first-order valence-electron chi connectivity index (χ1n) is 11.0. The summed E-state index contributed by atoms with van der Waals surface area (Å²) < 4.78 is 0. The topological polar surface area (TPSA) is 0 Å². The lowest BCUT2D eigenvalue weighted by atomic mass is 9.42. The summed E-state index contributed by atoms with van der Waals surface area (Å²) in [6.07, 6.45) is 0. The molecule has 3 aliphatic rings. The van der Waals surface area contributed by atoms with Crippen molar-refractivity contribution in [1.82, 2.24) is 0 Å². The highest BCUT2D eigenvalue weighted by molar-refractivity contribution is 6.52. The van der Waals surface area contributed by atoms with E-state index in [-0.39, 0.29) is 17.3 Å². The Labute approximate surface area is 210 Å². The summed E-state index contributed by atoms with van der Waals surface area (Å²) in [5.41, 5.74) is 7.23. The van der Waals surface area contributed by atoms with Gasteiger partial charge in [0, 0.05) is 17.3 Å². The number of rotatable bonds is 0. The molecule has 0 nitrogen and oxygen atoms in total. The first-order valence-corrected chi connectivity index (χ1v) is 12.5. The lowest BCUT2D eigenvalue weighted by Gasteiger charge is -2.59. The van der Waals surface area contributed by atoms with Crippen molar-refractivity contribution in [3.8, 4) is 0 Å². The van der Waals surface area contributed by atoms with Crippen LogP contribution in [0.4, 0.5) is 0 Å². The van der Waals surface area contributed by atoms with Gasteiger partial charge >= 0.3 is 0 Å². The highest BCUT2D eigenvalue weighted by Gasteiger charge is 2.71. The summed E-state index contributed by atoms with van der Waals surface area (Å²) >= 11 is 26.9. The van der Waals surface area contributed by atoms with E-state index in [1.165, 1.54) is 43.8 Å². The quantitative estimate of drug-likeness (QED) is 0.146. The number of hydrogen-bond donors (Lipinski definition) is 0. The fourth-order valence-corrected chi connectivity index (χ4v) is 8.12. The third-order valence-electron chi connectivity index (χ3n) is 8.16. The normalized spacial score (nSPS) is 23.3. The molecule has 158 valence electrons. The Kier molecular flexibility index (Phi) is 3.51. The van der Waals surface area contributed by atoms with Crippen LogP contribution >= 0.6 is 46.4 Å². The largest absolute Gasteiger partial charge is 0.0823 e. The molecule has 0 N–H and O–H groups in total. The SMILES string of the molecule is Clc1c(Cl)c(Cl)c2c(c1Cl)C1c3cc4ccccc4cc3C3c4cc5ccccc5cc4C231. The maximum atomic E-state index is 6.92. The number of benzene rings is 5. The molecule has 5 aromatic rings. The molecule has 8 rings (SSSR count). The van der Waals surface area contributed by atoms with Crippen LogP contribution in [0.3, 0.4) is 0 Å². The van der Waals surface area contributed by atoms with Crippen LogP contribution in [-0.2, 0) is 5.41 Å². The van der Waals surface area contributed by atoms with Crippen molar-refractivity contribution < 1.29 is 0 Å². The van der Waals surface area contributed by atoms with Gasteiger partial charge < -0.3 is 0 Å². The lowest BCUT2D eigenvalue weighted by Crippen LogP contribution is -2.53. The fraction of sp³-hybridized carbons (Fsp3) is 0.103. The molecular formula is C29H14Cl4. The molecule has 5 aromatic carbocycles. The highest BCUT2D eigenvalue weighted by Crippen LogP contribution is 2.80. The van der Waals surface area contributed by atoms with Crippen molar-refractivity contribution in [2.24, 2.45) is 0 Å². The van der Waals surface area contributed by atoms with E-state index >= 15 is 0 Å². The van der Waals surface area contributed by atoms with E-state index < -0.39 is 0 Å². The maximum absolute atomic E-state index is 6.92. The van der Waals surface area contributed by atoms with E-state index in [4.69, 9.17) is 46.4 Å². The van der Waals surface area contributed by atoms with Crippen molar-refractivity contribution in [3.63, 3.8) is 0 Å². The molecule has 0 radical (unpaired) electrons. The average Bonchev–Trinajstić information content (AvgIpc) is 3.01. The molecule has 0 aliphatic heterocycles. The third-order valence-corrected chi connectivity index (χ3v) is 9.98. The summed E-state index contributed by atoms with van der Waals surface area (Å²) in [6, 6.07) is 26.5. The zero-order valence-corrected chi connectivity index (χ0v) is 20.1. The van der Waals surface area contributed by atoms with Gasteiger partial charge in [0.1, 0.15) is 0 Å². The van der Waals surface area contributed by atoms with E-state index in [1.807, 2.05) is 0 Å². The van der Waals surface area contributed by atoms with Crippen molar-refractivity contribution in [2.45, 2.75) is 17.3 Å². The van der Waals surface area contributed by atoms with Gasteiger partial charge in [-0.25, -0.2) is 0 Å². The van der Waals surface area contributed by atoms with Crippen LogP contribution in [0.1, 0.15) is 45.2 Å². The molecule has 1 spiro atoms. The molecule has 0 saturated carbocycles. The van der Waals surface area contributed by atoms with Gasteiger partial charge in [-0.2, -0.15) is 0 Å².